The number of hydrogen-bond acceptors (Lipinski definition) is 2. The molecule has 1 N–H and O–H groups in total. The second-order valence-corrected chi connectivity index (χ2v) is 4.90. The van der Waals surface area contributed by atoms with Crippen LogP contribution in [-0.2, 0) is 6.42 Å². The molecule has 0 spiro atoms. The van der Waals surface area contributed by atoms with Gasteiger partial charge in [0.25, 0.3) is 4.82 Å². The van der Waals surface area contributed by atoms with E-state index in [0.717, 1.165) is 17.7 Å². The molecular weight excluding hydrogens is 282 g/mol. The van der Waals surface area contributed by atoms with Crippen molar-refractivity contribution >= 4 is 20.7 Å². The maximum absolute atomic E-state index is 10.7. The van der Waals surface area contributed by atoms with Crippen LogP contribution in [0.4, 0.5) is 4.79 Å². The fourth-order valence-electron chi connectivity index (χ4n) is 1.65. The van der Waals surface area contributed by atoms with Crippen LogP contribution in [0.5, 0.6) is 5.75 Å². The molecule has 0 saturated carbocycles. The molecule has 17 heavy (non-hydrogen) atoms. The molecule has 0 aliphatic heterocycles. The second-order valence-electron chi connectivity index (χ2n) is 4.18. The van der Waals surface area contributed by atoms with E-state index in [4.69, 9.17) is 4.74 Å². The molecule has 0 aliphatic carbocycles. The Hall–Kier alpha value is -1.03. The highest BCUT2D eigenvalue weighted by Crippen LogP contribution is 2.24. The number of halogens is 1. The van der Waals surface area contributed by atoms with Gasteiger partial charge in [-0.2, -0.15) is 0 Å². The van der Waals surface area contributed by atoms with Crippen molar-refractivity contribution in [3.05, 3.63) is 29.3 Å². The molecule has 0 radical (unpaired) electrons. The first-order valence-electron chi connectivity index (χ1n) is 5.64. The van der Waals surface area contributed by atoms with Gasteiger partial charge in [-0.1, -0.05) is 26.0 Å². The molecule has 1 amide bonds. The zero-order valence-electron chi connectivity index (χ0n) is 10.4. The van der Waals surface area contributed by atoms with E-state index in [-0.39, 0.29) is 4.82 Å². The first kappa shape index (κ1) is 14.0. The summed E-state index contributed by atoms with van der Waals surface area (Å²) in [6, 6.07) is 6.21. The highest BCUT2D eigenvalue weighted by molar-refractivity contribution is 9.18. The van der Waals surface area contributed by atoms with Gasteiger partial charge in [-0.3, -0.25) is 4.79 Å². The minimum atomic E-state index is -0.184. The van der Waals surface area contributed by atoms with Crippen LogP contribution in [0.2, 0.25) is 0 Å². The summed E-state index contributed by atoms with van der Waals surface area (Å²) in [7, 11) is 1.66. The number of rotatable bonds is 5. The van der Waals surface area contributed by atoms with Gasteiger partial charge in [0.2, 0.25) is 0 Å². The summed E-state index contributed by atoms with van der Waals surface area (Å²) in [5.74, 6) is 1.36. The van der Waals surface area contributed by atoms with E-state index in [2.05, 4.69) is 47.2 Å². The van der Waals surface area contributed by atoms with E-state index in [1.165, 1.54) is 5.56 Å². The van der Waals surface area contributed by atoms with Crippen LogP contribution in [0.15, 0.2) is 18.2 Å². The van der Waals surface area contributed by atoms with Crippen LogP contribution in [0.25, 0.3) is 0 Å². The van der Waals surface area contributed by atoms with Crippen molar-refractivity contribution in [2.45, 2.75) is 26.2 Å². The fourth-order valence-corrected chi connectivity index (χ4v) is 1.85. The number of carbonyl (C=O) groups excluding carboxylic acids is 1. The standard InChI is InChI=1S/C13H18BrNO2/c1-9(2)10-4-5-12(17-3)11(8-10)6-7-15-13(14)16/h4-5,8-9H,6-7H2,1-3H3,(H,15,16). The third-order valence-corrected chi connectivity index (χ3v) is 2.91. The van der Waals surface area contributed by atoms with Crippen LogP contribution < -0.4 is 10.1 Å². The lowest BCUT2D eigenvalue weighted by atomic mass is 9.99. The molecule has 4 heteroatoms. The van der Waals surface area contributed by atoms with E-state index in [1.807, 2.05) is 6.07 Å². The van der Waals surface area contributed by atoms with Crippen molar-refractivity contribution < 1.29 is 9.53 Å². The molecule has 1 rings (SSSR count). The Kier molecular flexibility index (Phi) is 5.48. The molecule has 0 bridgehead atoms. The van der Waals surface area contributed by atoms with Gasteiger partial charge in [-0.05, 0) is 29.5 Å². The number of amides is 1. The molecule has 0 atom stereocenters. The van der Waals surface area contributed by atoms with Crippen LogP contribution in [0, 0.1) is 0 Å². The van der Waals surface area contributed by atoms with Crippen molar-refractivity contribution in [3.8, 4) is 5.75 Å². The number of ether oxygens (including phenoxy) is 1. The van der Waals surface area contributed by atoms with Gasteiger partial charge in [0.1, 0.15) is 5.75 Å². The molecule has 0 heterocycles. The lowest BCUT2D eigenvalue weighted by molar-refractivity contribution is 0.262. The minimum Gasteiger partial charge on any atom is -0.496 e. The highest BCUT2D eigenvalue weighted by atomic mass is 79.9. The molecule has 1 aromatic rings. The Morgan fingerprint density at radius 3 is 2.71 bits per heavy atom. The topological polar surface area (TPSA) is 38.3 Å². The van der Waals surface area contributed by atoms with E-state index >= 15 is 0 Å². The molecule has 0 saturated heterocycles. The maximum atomic E-state index is 10.7. The van der Waals surface area contributed by atoms with Gasteiger partial charge in [-0.15, -0.1) is 0 Å². The molecule has 3 nitrogen and oxygen atoms in total. The van der Waals surface area contributed by atoms with Crippen LogP contribution in [0.1, 0.15) is 30.9 Å². The van der Waals surface area contributed by atoms with Crippen LogP contribution in [0.3, 0.4) is 0 Å². The first-order valence-corrected chi connectivity index (χ1v) is 6.44. The average molecular weight is 300 g/mol. The normalized spacial score (nSPS) is 10.4. The van der Waals surface area contributed by atoms with Gasteiger partial charge in [0.05, 0.1) is 7.11 Å². The quantitative estimate of drug-likeness (QED) is 0.668. The van der Waals surface area contributed by atoms with Gasteiger partial charge >= 0.3 is 0 Å². The lowest BCUT2D eigenvalue weighted by Gasteiger charge is -2.12. The van der Waals surface area contributed by atoms with E-state index in [0.29, 0.717) is 12.5 Å². The number of benzene rings is 1. The number of nitrogens with one attached hydrogen (secondary N) is 1. The number of methoxy groups -OCH3 is 1. The zero-order chi connectivity index (χ0) is 12.8. The summed E-state index contributed by atoms with van der Waals surface area (Å²) in [6.45, 7) is 4.92. The Labute approximate surface area is 111 Å². The lowest BCUT2D eigenvalue weighted by Crippen LogP contribution is -2.19. The predicted molar refractivity (Wildman–Crippen MR) is 73.1 cm³/mol. The summed E-state index contributed by atoms with van der Waals surface area (Å²) in [6.07, 6.45) is 0.765. The maximum Gasteiger partial charge on any atom is 0.287 e. The summed E-state index contributed by atoms with van der Waals surface area (Å²) in [5, 5.41) is 2.72. The van der Waals surface area contributed by atoms with Crippen LogP contribution in [-0.4, -0.2) is 18.5 Å². The largest absolute Gasteiger partial charge is 0.496 e. The summed E-state index contributed by atoms with van der Waals surface area (Å²) in [5.41, 5.74) is 2.41. The van der Waals surface area contributed by atoms with Crippen molar-refractivity contribution in [1.29, 1.82) is 0 Å². The van der Waals surface area contributed by atoms with Crippen molar-refractivity contribution in [1.82, 2.24) is 5.32 Å². The molecule has 94 valence electrons. The van der Waals surface area contributed by atoms with E-state index < -0.39 is 0 Å². The summed E-state index contributed by atoms with van der Waals surface area (Å²) in [4.78, 5) is 10.6. The van der Waals surface area contributed by atoms with Gasteiger partial charge in [0, 0.05) is 22.5 Å². The Morgan fingerprint density at radius 1 is 1.47 bits per heavy atom. The number of carbonyl (C=O) groups is 1. The second kappa shape index (κ2) is 6.64. The average Bonchev–Trinajstić information content (AvgIpc) is 2.28. The molecule has 0 unspecified atom stereocenters. The predicted octanol–water partition coefficient (Wildman–Crippen LogP) is 3.47. The Bertz CT molecular complexity index is 391. The third kappa shape index (κ3) is 4.38. The first-order chi connectivity index (χ1) is 8.04. The SMILES string of the molecule is COc1ccc(C(C)C)cc1CCNC(=O)Br. The Morgan fingerprint density at radius 2 is 2.18 bits per heavy atom. The van der Waals surface area contributed by atoms with Gasteiger partial charge in [0.15, 0.2) is 0 Å². The summed E-state index contributed by atoms with van der Waals surface area (Å²) >= 11 is 2.84. The van der Waals surface area contributed by atoms with Crippen molar-refractivity contribution in [2.75, 3.05) is 13.7 Å². The summed E-state index contributed by atoms with van der Waals surface area (Å²) < 4.78 is 5.31. The zero-order valence-corrected chi connectivity index (χ0v) is 12.0. The highest BCUT2D eigenvalue weighted by Gasteiger charge is 2.07. The molecule has 0 fully saturated rings. The minimum absolute atomic E-state index is 0.184. The van der Waals surface area contributed by atoms with E-state index in [9.17, 15) is 4.79 Å². The smallest absolute Gasteiger partial charge is 0.287 e. The van der Waals surface area contributed by atoms with Crippen LogP contribution >= 0.6 is 15.9 Å². The molecular formula is C13H18BrNO2. The van der Waals surface area contributed by atoms with Gasteiger partial charge < -0.3 is 10.1 Å². The molecule has 1 aromatic carbocycles. The number of hydrogen-bond donors (Lipinski definition) is 1. The van der Waals surface area contributed by atoms with Crippen molar-refractivity contribution in [2.24, 2.45) is 0 Å². The fraction of sp³-hybridized carbons (Fsp3) is 0.462. The Balaban J connectivity index is 2.79. The van der Waals surface area contributed by atoms with Crippen molar-refractivity contribution in [3.63, 3.8) is 0 Å². The molecule has 0 aromatic heterocycles. The third-order valence-electron chi connectivity index (χ3n) is 2.63. The van der Waals surface area contributed by atoms with Gasteiger partial charge in [-0.25, -0.2) is 0 Å². The molecule has 0 aliphatic rings. The monoisotopic (exact) mass is 299 g/mol. The van der Waals surface area contributed by atoms with E-state index in [1.54, 1.807) is 7.11 Å².